The van der Waals surface area contributed by atoms with Gasteiger partial charge in [-0.05, 0) is 18.2 Å². The molecule has 1 aromatic heterocycles. The molecule has 0 radical (unpaired) electrons. The van der Waals surface area contributed by atoms with E-state index in [9.17, 15) is 0 Å². The third kappa shape index (κ3) is 2.61. The molecule has 2 aromatic rings. The largest absolute Gasteiger partial charge is 0.497 e. The number of ether oxygens (including phenoxy) is 1. The van der Waals surface area contributed by atoms with Crippen molar-refractivity contribution < 1.29 is 4.74 Å². The van der Waals surface area contributed by atoms with Crippen molar-refractivity contribution in [2.75, 3.05) is 19.1 Å². The van der Waals surface area contributed by atoms with Crippen LogP contribution in [-0.4, -0.2) is 19.1 Å². The lowest BCUT2D eigenvalue weighted by atomic mass is 10.2. The first-order chi connectivity index (χ1) is 9.17. The Bertz CT molecular complexity index is 637. The Morgan fingerprint density at radius 1 is 1.37 bits per heavy atom. The van der Waals surface area contributed by atoms with E-state index in [2.05, 4.69) is 4.98 Å². The molecule has 1 aromatic carbocycles. The first-order valence-electron chi connectivity index (χ1n) is 5.59. The van der Waals surface area contributed by atoms with Gasteiger partial charge in [-0.15, -0.1) is 0 Å². The summed E-state index contributed by atoms with van der Waals surface area (Å²) in [5.41, 5.74) is 1.28. The van der Waals surface area contributed by atoms with E-state index in [1.807, 2.05) is 42.3 Å². The maximum absolute atomic E-state index is 8.98. The fourth-order valence-corrected chi connectivity index (χ4v) is 1.98. The monoisotopic (exact) mass is 273 g/mol. The maximum Gasteiger partial charge on any atom is 0.152 e. The van der Waals surface area contributed by atoms with E-state index in [-0.39, 0.29) is 0 Å². The van der Waals surface area contributed by atoms with Crippen LogP contribution in [0.2, 0.25) is 5.02 Å². The van der Waals surface area contributed by atoms with Crippen LogP contribution in [0.15, 0.2) is 36.5 Å². The van der Waals surface area contributed by atoms with Crippen molar-refractivity contribution in [1.29, 1.82) is 5.26 Å². The molecule has 0 amide bonds. The van der Waals surface area contributed by atoms with Crippen molar-refractivity contribution in [2.24, 2.45) is 0 Å². The molecule has 0 aliphatic rings. The highest BCUT2D eigenvalue weighted by molar-refractivity contribution is 6.34. The number of aromatic nitrogens is 1. The molecule has 0 fully saturated rings. The maximum atomic E-state index is 8.98. The van der Waals surface area contributed by atoms with E-state index >= 15 is 0 Å². The Morgan fingerprint density at radius 3 is 2.84 bits per heavy atom. The highest BCUT2D eigenvalue weighted by Crippen LogP contribution is 2.31. The summed E-state index contributed by atoms with van der Waals surface area (Å²) in [5.74, 6) is 1.28. The van der Waals surface area contributed by atoms with Crippen molar-refractivity contribution in [1.82, 2.24) is 4.98 Å². The zero-order valence-corrected chi connectivity index (χ0v) is 11.3. The molecule has 5 heteroatoms. The summed E-state index contributed by atoms with van der Waals surface area (Å²) in [6.07, 6.45) is 1.57. The van der Waals surface area contributed by atoms with E-state index in [0.717, 1.165) is 11.4 Å². The first-order valence-corrected chi connectivity index (χ1v) is 5.97. The van der Waals surface area contributed by atoms with Gasteiger partial charge in [0.05, 0.1) is 12.7 Å². The summed E-state index contributed by atoms with van der Waals surface area (Å²) in [6.45, 7) is 0. The second kappa shape index (κ2) is 5.59. The zero-order chi connectivity index (χ0) is 13.8. The van der Waals surface area contributed by atoms with Gasteiger partial charge in [0.15, 0.2) is 5.82 Å². The number of hydrogen-bond acceptors (Lipinski definition) is 4. The number of hydrogen-bond donors (Lipinski definition) is 0. The van der Waals surface area contributed by atoms with Crippen LogP contribution in [0, 0.1) is 11.3 Å². The van der Waals surface area contributed by atoms with Crippen molar-refractivity contribution >= 4 is 23.1 Å². The number of nitrogens with zero attached hydrogens (tertiary/aromatic N) is 3. The van der Waals surface area contributed by atoms with Gasteiger partial charge >= 0.3 is 0 Å². The lowest BCUT2D eigenvalue weighted by molar-refractivity contribution is 0.415. The van der Waals surface area contributed by atoms with Gasteiger partial charge < -0.3 is 9.64 Å². The summed E-state index contributed by atoms with van der Waals surface area (Å²) < 4.78 is 5.18. The molecule has 0 aliphatic carbocycles. The van der Waals surface area contributed by atoms with Crippen LogP contribution in [0.1, 0.15) is 5.56 Å². The van der Waals surface area contributed by atoms with Gasteiger partial charge in [-0.2, -0.15) is 5.26 Å². The molecule has 1 heterocycles. The molecule has 0 unspecified atom stereocenters. The van der Waals surface area contributed by atoms with Gasteiger partial charge in [0.2, 0.25) is 0 Å². The predicted octanol–water partition coefficient (Wildman–Crippen LogP) is 3.38. The molecule has 0 spiro atoms. The Balaban J connectivity index is 2.44. The van der Waals surface area contributed by atoms with Gasteiger partial charge in [-0.3, -0.25) is 0 Å². The van der Waals surface area contributed by atoms with Crippen LogP contribution in [0.5, 0.6) is 5.75 Å². The smallest absolute Gasteiger partial charge is 0.152 e. The number of benzene rings is 1. The lowest BCUT2D eigenvalue weighted by Crippen LogP contribution is -2.12. The van der Waals surface area contributed by atoms with Crippen LogP contribution < -0.4 is 9.64 Å². The fourth-order valence-electron chi connectivity index (χ4n) is 1.69. The quantitative estimate of drug-likeness (QED) is 0.860. The van der Waals surface area contributed by atoms with Crippen LogP contribution >= 0.6 is 11.6 Å². The molecular formula is C14H12ClN3O. The molecule has 96 valence electrons. The van der Waals surface area contributed by atoms with E-state index < -0.39 is 0 Å². The second-order valence-electron chi connectivity index (χ2n) is 3.87. The number of halogens is 1. The van der Waals surface area contributed by atoms with Crippen LogP contribution in [-0.2, 0) is 0 Å². The van der Waals surface area contributed by atoms with Gasteiger partial charge in [0.25, 0.3) is 0 Å². The summed E-state index contributed by atoms with van der Waals surface area (Å²) in [7, 11) is 3.45. The predicted molar refractivity (Wildman–Crippen MR) is 75.0 cm³/mol. The van der Waals surface area contributed by atoms with E-state index in [4.69, 9.17) is 21.6 Å². The summed E-state index contributed by atoms with van der Waals surface area (Å²) in [6, 6.07) is 11.2. The summed E-state index contributed by atoms with van der Waals surface area (Å²) >= 11 is 6.17. The van der Waals surface area contributed by atoms with Crippen molar-refractivity contribution in [3.8, 4) is 11.8 Å². The van der Waals surface area contributed by atoms with Crippen molar-refractivity contribution in [3.63, 3.8) is 0 Å². The molecule has 19 heavy (non-hydrogen) atoms. The normalized spacial score (nSPS) is 9.79. The number of methoxy groups -OCH3 is 1. The zero-order valence-electron chi connectivity index (χ0n) is 10.6. The second-order valence-corrected chi connectivity index (χ2v) is 4.25. The first kappa shape index (κ1) is 13.2. The minimum absolute atomic E-state index is 0.343. The molecule has 0 aliphatic heterocycles. The average molecular weight is 274 g/mol. The fraction of sp³-hybridized carbons (Fsp3) is 0.143. The minimum atomic E-state index is 0.343. The average Bonchev–Trinajstić information content (AvgIpc) is 2.47. The van der Waals surface area contributed by atoms with Gasteiger partial charge in [-0.25, -0.2) is 4.98 Å². The molecule has 0 saturated carbocycles. The molecule has 0 saturated heterocycles. The Kier molecular flexibility index (Phi) is 3.88. The lowest BCUT2D eigenvalue weighted by Gasteiger charge is -2.20. The van der Waals surface area contributed by atoms with Crippen LogP contribution in [0.3, 0.4) is 0 Å². The van der Waals surface area contributed by atoms with Crippen molar-refractivity contribution in [3.05, 3.63) is 47.1 Å². The third-order valence-electron chi connectivity index (χ3n) is 2.75. The minimum Gasteiger partial charge on any atom is -0.497 e. The van der Waals surface area contributed by atoms with E-state index in [0.29, 0.717) is 16.4 Å². The molecule has 0 bridgehead atoms. The number of anilines is 2. The van der Waals surface area contributed by atoms with Gasteiger partial charge in [-0.1, -0.05) is 17.7 Å². The molecule has 0 atom stereocenters. The summed E-state index contributed by atoms with van der Waals surface area (Å²) in [4.78, 5) is 6.03. The number of rotatable bonds is 3. The third-order valence-corrected chi connectivity index (χ3v) is 3.12. The molecule has 4 nitrogen and oxygen atoms in total. The van der Waals surface area contributed by atoms with Crippen LogP contribution in [0.4, 0.5) is 11.5 Å². The van der Waals surface area contributed by atoms with Crippen molar-refractivity contribution in [2.45, 2.75) is 0 Å². The topological polar surface area (TPSA) is 49.1 Å². The SMILES string of the molecule is COc1cccc(N(C)c2nccc(C#N)c2Cl)c1. The Hall–Kier alpha value is -2.25. The van der Waals surface area contributed by atoms with Gasteiger partial charge in [0.1, 0.15) is 16.8 Å². The molecule has 0 N–H and O–H groups in total. The van der Waals surface area contributed by atoms with Crippen LogP contribution in [0.25, 0.3) is 0 Å². The standard InChI is InChI=1S/C14H12ClN3O/c1-18(11-4-3-5-12(8-11)19-2)14-13(15)10(9-16)6-7-17-14/h3-8H,1-2H3. The Morgan fingerprint density at radius 2 is 2.16 bits per heavy atom. The molecule has 2 rings (SSSR count). The number of nitriles is 1. The Labute approximate surface area is 116 Å². The highest BCUT2D eigenvalue weighted by Gasteiger charge is 2.13. The van der Waals surface area contributed by atoms with E-state index in [1.165, 1.54) is 0 Å². The highest BCUT2D eigenvalue weighted by atomic mass is 35.5. The van der Waals surface area contributed by atoms with Gasteiger partial charge in [0, 0.05) is 25.0 Å². The molecular weight excluding hydrogens is 262 g/mol. The number of pyridine rings is 1. The summed E-state index contributed by atoms with van der Waals surface area (Å²) in [5, 5.41) is 9.32. The van der Waals surface area contributed by atoms with E-state index in [1.54, 1.807) is 19.4 Å².